The lowest BCUT2D eigenvalue weighted by atomic mass is 9.89. The molecular formula is C22H26N2O2. The lowest BCUT2D eigenvalue weighted by Crippen LogP contribution is -2.57. The molecule has 2 aromatic rings. The van der Waals surface area contributed by atoms with Crippen molar-refractivity contribution < 1.29 is 9.53 Å². The topological polar surface area (TPSA) is 32.8 Å². The van der Waals surface area contributed by atoms with E-state index in [-0.39, 0.29) is 11.5 Å². The van der Waals surface area contributed by atoms with Gasteiger partial charge in [0.1, 0.15) is 0 Å². The Kier molecular flexibility index (Phi) is 4.79. The van der Waals surface area contributed by atoms with Crippen molar-refractivity contribution in [1.82, 2.24) is 9.80 Å². The van der Waals surface area contributed by atoms with Crippen molar-refractivity contribution in [1.29, 1.82) is 0 Å². The molecule has 4 heteroatoms. The van der Waals surface area contributed by atoms with Crippen molar-refractivity contribution in [3.8, 4) is 11.1 Å². The van der Waals surface area contributed by atoms with Crippen molar-refractivity contribution in [2.24, 2.45) is 0 Å². The van der Waals surface area contributed by atoms with Gasteiger partial charge in [0.15, 0.2) is 0 Å². The van der Waals surface area contributed by atoms with E-state index in [9.17, 15) is 4.79 Å². The van der Waals surface area contributed by atoms with Gasteiger partial charge in [0.25, 0.3) is 5.91 Å². The molecule has 0 unspecified atom stereocenters. The summed E-state index contributed by atoms with van der Waals surface area (Å²) in [5.41, 5.74) is 2.70. The van der Waals surface area contributed by atoms with Crippen LogP contribution in [0.25, 0.3) is 11.1 Å². The van der Waals surface area contributed by atoms with Crippen LogP contribution in [0.3, 0.4) is 0 Å². The summed E-state index contributed by atoms with van der Waals surface area (Å²) in [6.45, 7) is 4.05. The Balaban J connectivity index is 1.58. The maximum atomic E-state index is 13.3. The summed E-state index contributed by atoms with van der Waals surface area (Å²) >= 11 is 0. The normalized spacial score (nSPS) is 20.3. The van der Waals surface area contributed by atoms with Crippen LogP contribution in [0, 0.1) is 0 Å². The van der Waals surface area contributed by atoms with E-state index < -0.39 is 0 Å². The Morgan fingerprint density at radius 2 is 1.65 bits per heavy atom. The summed E-state index contributed by atoms with van der Waals surface area (Å²) < 4.78 is 6.17. The molecule has 0 radical (unpaired) electrons. The Morgan fingerprint density at radius 3 is 2.42 bits per heavy atom. The Morgan fingerprint density at radius 1 is 0.962 bits per heavy atom. The number of hydrogen-bond acceptors (Lipinski definition) is 3. The van der Waals surface area contributed by atoms with Crippen molar-refractivity contribution in [3.05, 3.63) is 60.2 Å². The summed E-state index contributed by atoms with van der Waals surface area (Å²) in [4.78, 5) is 17.7. The van der Waals surface area contributed by atoms with Gasteiger partial charge in [0.2, 0.25) is 0 Å². The van der Waals surface area contributed by atoms with Gasteiger partial charge in [0, 0.05) is 25.2 Å². The molecule has 0 bridgehead atoms. The van der Waals surface area contributed by atoms with Crippen molar-refractivity contribution >= 4 is 5.91 Å². The average Bonchev–Trinajstić information content (AvgIpc) is 2.71. The molecule has 0 atom stereocenters. The number of morpholine rings is 1. The molecule has 4 nitrogen and oxygen atoms in total. The van der Waals surface area contributed by atoms with Gasteiger partial charge in [-0.25, -0.2) is 0 Å². The Labute approximate surface area is 155 Å². The first-order valence-electron chi connectivity index (χ1n) is 9.43. The number of likely N-dealkylation sites (tertiary alicyclic amines) is 1. The molecule has 0 aliphatic carbocycles. The molecule has 2 aromatic carbocycles. The average molecular weight is 350 g/mol. The van der Waals surface area contributed by atoms with Crippen LogP contribution < -0.4 is 0 Å². The first-order valence-corrected chi connectivity index (χ1v) is 9.43. The SMILES string of the molecule is CN1CCC2(CC1)CN(C(=O)c1ccccc1-c1ccccc1)CCO2. The van der Waals surface area contributed by atoms with Crippen LogP contribution in [0.15, 0.2) is 54.6 Å². The molecule has 0 saturated carbocycles. The first-order chi connectivity index (χ1) is 12.7. The fraction of sp³-hybridized carbons (Fsp3) is 0.409. The predicted octanol–water partition coefficient (Wildman–Crippen LogP) is 3.29. The van der Waals surface area contributed by atoms with E-state index in [1.807, 2.05) is 47.4 Å². The number of nitrogens with zero attached hydrogens (tertiary/aromatic N) is 2. The maximum Gasteiger partial charge on any atom is 0.254 e. The Bertz CT molecular complexity index is 767. The molecule has 0 aromatic heterocycles. The molecule has 2 saturated heterocycles. The number of ether oxygens (including phenoxy) is 1. The lowest BCUT2D eigenvalue weighted by Gasteiger charge is -2.46. The number of amides is 1. The van der Waals surface area contributed by atoms with E-state index in [1.54, 1.807) is 0 Å². The van der Waals surface area contributed by atoms with Gasteiger partial charge >= 0.3 is 0 Å². The third-order valence-electron chi connectivity index (χ3n) is 5.68. The number of rotatable bonds is 2. The summed E-state index contributed by atoms with van der Waals surface area (Å²) in [5.74, 6) is 0.117. The molecule has 2 aliphatic heterocycles. The second kappa shape index (κ2) is 7.22. The standard InChI is InChI=1S/C22H26N2O2/c1-23-13-11-22(12-14-23)17-24(15-16-26-22)21(25)20-10-6-5-9-19(20)18-7-3-2-4-8-18/h2-10H,11-17H2,1H3. The van der Waals surface area contributed by atoms with Crippen molar-refractivity contribution in [2.45, 2.75) is 18.4 Å². The quantitative estimate of drug-likeness (QED) is 0.833. The lowest BCUT2D eigenvalue weighted by molar-refractivity contribution is -0.125. The molecule has 2 heterocycles. The van der Waals surface area contributed by atoms with Crippen LogP contribution in [0.2, 0.25) is 0 Å². The Hall–Kier alpha value is -2.17. The number of benzene rings is 2. The van der Waals surface area contributed by atoms with Crippen LogP contribution >= 0.6 is 0 Å². The molecule has 0 N–H and O–H groups in total. The van der Waals surface area contributed by atoms with Crippen LogP contribution in [-0.2, 0) is 4.74 Å². The molecule has 136 valence electrons. The highest BCUT2D eigenvalue weighted by atomic mass is 16.5. The summed E-state index contributed by atoms with van der Waals surface area (Å²) in [5, 5.41) is 0. The highest BCUT2D eigenvalue weighted by Crippen LogP contribution is 2.31. The summed E-state index contributed by atoms with van der Waals surface area (Å²) in [7, 11) is 2.15. The van der Waals surface area contributed by atoms with E-state index in [0.29, 0.717) is 19.7 Å². The van der Waals surface area contributed by atoms with Gasteiger partial charge in [-0.05, 0) is 37.1 Å². The smallest absolute Gasteiger partial charge is 0.254 e. The molecule has 1 amide bonds. The van der Waals surface area contributed by atoms with E-state index in [0.717, 1.165) is 42.6 Å². The van der Waals surface area contributed by atoms with Crippen molar-refractivity contribution in [3.63, 3.8) is 0 Å². The van der Waals surface area contributed by atoms with Gasteiger partial charge < -0.3 is 14.5 Å². The zero-order valence-electron chi connectivity index (χ0n) is 15.4. The second-order valence-electron chi connectivity index (χ2n) is 7.47. The zero-order chi connectivity index (χ0) is 18.0. The molecular weight excluding hydrogens is 324 g/mol. The number of carbonyl (C=O) groups excluding carboxylic acids is 1. The van der Waals surface area contributed by atoms with E-state index in [2.05, 4.69) is 24.1 Å². The fourth-order valence-electron chi connectivity index (χ4n) is 4.06. The summed E-state index contributed by atoms with van der Waals surface area (Å²) in [6, 6.07) is 18.1. The minimum Gasteiger partial charge on any atom is -0.371 e. The van der Waals surface area contributed by atoms with Gasteiger partial charge in [-0.15, -0.1) is 0 Å². The van der Waals surface area contributed by atoms with Gasteiger partial charge in [0.05, 0.1) is 18.8 Å². The molecule has 1 spiro atoms. The fourth-order valence-corrected chi connectivity index (χ4v) is 4.06. The van der Waals surface area contributed by atoms with Crippen molar-refractivity contribution in [2.75, 3.05) is 39.8 Å². The number of piperidine rings is 1. The highest BCUT2D eigenvalue weighted by Gasteiger charge is 2.40. The largest absolute Gasteiger partial charge is 0.371 e. The van der Waals surface area contributed by atoms with Crippen LogP contribution in [0.1, 0.15) is 23.2 Å². The predicted molar refractivity (Wildman–Crippen MR) is 103 cm³/mol. The maximum absolute atomic E-state index is 13.3. The van der Waals surface area contributed by atoms with E-state index in [4.69, 9.17) is 4.74 Å². The minimum atomic E-state index is -0.165. The molecule has 4 rings (SSSR count). The minimum absolute atomic E-state index is 0.117. The van der Waals surface area contributed by atoms with Crippen LogP contribution in [0.5, 0.6) is 0 Å². The van der Waals surface area contributed by atoms with Crippen LogP contribution in [0.4, 0.5) is 0 Å². The van der Waals surface area contributed by atoms with E-state index in [1.165, 1.54) is 0 Å². The van der Waals surface area contributed by atoms with Gasteiger partial charge in [-0.3, -0.25) is 4.79 Å². The molecule has 26 heavy (non-hydrogen) atoms. The first kappa shape index (κ1) is 17.3. The van der Waals surface area contributed by atoms with Gasteiger partial charge in [-0.2, -0.15) is 0 Å². The zero-order valence-corrected chi connectivity index (χ0v) is 15.4. The third-order valence-corrected chi connectivity index (χ3v) is 5.68. The summed E-state index contributed by atoms with van der Waals surface area (Å²) in [6.07, 6.45) is 1.99. The number of carbonyl (C=O) groups is 1. The highest BCUT2D eigenvalue weighted by molar-refractivity contribution is 6.01. The third kappa shape index (κ3) is 3.39. The monoisotopic (exact) mass is 350 g/mol. The number of hydrogen-bond donors (Lipinski definition) is 0. The molecule has 2 fully saturated rings. The molecule has 2 aliphatic rings. The second-order valence-corrected chi connectivity index (χ2v) is 7.47. The van der Waals surface area contributed by atoms with E-state index >= 15 is 0 Å². The van der Waals surface area contributed by atoms with Crippen LogP contribution in [-0.4, -0.2) is 61.1 Å². The van der Waals surface area contributed by atoms with Gasteiger partial charge in [-0.1, -0.05) is 48.5 Å².